The van der Waals surface area contributed by atoms with Crippen molar-refractivity contribution in [2.75, 3.05) is 20.6 Å². The number of benzene rings is 1. The largest absolute Gasteiger partial charge is 0.356 e. The highest BCUT2D eigenvalue weighted by Crippen LogP contribution is 2.16. The van der Waals surface area contributed by atoms with Crippen molar-refractivity contribution < 1.29 is 0 Å². The summed E-state index contributed by atoms with van der Waals surface area (Å²) in [6.07, 6.45) is 5.60. The number of aromatic nitrogens is 3. The molecule has 6 nitrogen and oxygen atoms in total. The van der Waals surface area contributed by atoms with Crippen LogP contribution in [0.5, 0.6) is 0 Å². The van der Waals surface area contributed by atoms with Crippen molar-refractivity contribution >= 4 is 17.6 Å². The first kappa shape index (κ1) is 17.3. The average molecular weight is 335 g/mol. The molecule has 7 heteroatoms. The predicted molar refractivity (Wildman–Crippen MR) is 93.5 cm³/mol. The number of halogens is 1. The number of unbranched alkanes of at least 4 members (excludes halogenated alkanes) is 1. The fraction of sp³-hybridized carbons (Fsp3) is 0.438. The van der Waals surface area contributed by atoms with Crippen molar-refractivity contribution in [3.05, 3.63) is 47.5 Å². The Morgan fingerprint density at radius 1 is 1.26 bits per heavy atom. The number of aliphatic imine (C=N–C) groups is 1. The Morgan fingerprint density at radius 2 is 2.00 bits per heavy atom. The van der Waals surface area contributed by atoms with Gasteiger partial charge in [0.15, 0.2) is 5.96 Å². The second-order valence-corrected chi connectivity index (χ2v) is 5.74. The number of hydrogen-bond donors (Lipinski definition) is 1. The number of nitrogens with zero attached hydrogens (tertiary/aromatic N) is 5. The molecular formula is C16H23ClN6. The molecule has 1 aromatic heterocycles. The van der Waals surface area contributed by atoms with Gasteiger partial charge < -0.3 is 14.8 Å². The van der Waals surface area contributed by atoms with Gasteiger partial charge in [-0.2, -0.15) is 0 Å². The fourth-order valence-corrected chi connectivity index (χ4v) is 2.49. The van der Waals surface area contributed by atoms with Gasteiger partial charge >= 0.3 is 0 Å². The van der Waals surface area contributed by atoms with E-state index in [1.807, 2.05) is 35.9 Å². The molecule has 0 radical (unpaired) electrons. The van der Waals surface area contributed by atoms with Gasteiger partial charge in [0.1, 0.15) is 12.7 Å². The van der Waals surface area contributed by atoms with Gasteiger partial charge in [0.05, 0.1) is 0 Å². The molecule has 23 heavy (non-hydrogen) atoms. The molecule has 0 atom stereocenters. The minimum Gasteiger partial charge on any atom is -0.356 e. The molecule has 2 aromatic rings. The average Bonchev–Trinajstić information content (AvgIpc) is 3.06. The molecule has 0 amide bonds. The zero-order valence-electron chi connectivity index (χ0n) is 13.6. The Hall–Kier alpha value is -2.08. The van der Waals surface area contributed by atoms with Crippen LogP contribution in [0.15, 0.2) is 41.9 Å². The summed E-state index contributed by atoms with van der Waals surface area (Å²) in [6.45, 7) is 2.53. The van der Waals surface area contributed by atoms with Gasteiger partial charge in [0.2, 0.25) is 0 Å². The van der Waals surface area contributed by atoms with Crippen molar-refractivity contribution in [2.24, 2.45) is 4.99 Å². The van der Waals surface area contributed by atoms with Crippen molar-refractivity contribution in [3.63, 3.8) is 0 Å². The van der Waals surface area contributed by atoms with Crippen LogP contribution in [-0.2, 0) is 13.1 Å². The number of aryl methyl sites for hydroxylation is 1. The maximum atomic E-state index is 6.21. The monoisotopic (exact) mass is 334 g/mol. The van der Waals surface area contributed by atoms with Crippen LogP contribution in [0, 0.1) is 0 Å². The van der Waals surface area contributed by atoms with Gasteiger partial charge in [0, 0.05) is 38.8 Å². The minimum absolute atomic E-state index is 0.722. The lowest BCUT2D eigenvalue weighted by molar-refractivity contribution is 0.473. The molecule has 0 saturated carbocycles. The molecule has 1 heterocycles. The van der Waals surface area contributed by atoms with Crippen LogP contribution >= 0.6 is 11.6 Å². The number of hydrogen-bond acceptors (Lipinski definition) is 3. The number of guanidine groups is 1. The molecule has 0 aliphatic rings. The van der Waals surface area contributed by atoms with Gasteiger partial charge in [-0.15, -0.1) is 10.2 Å². The molecule has 0 saturated heterocycles. The summed E-state index contributed by atoms with van der Waals surface area (Å²) < 4.78 is 1.98. The minimum atomic E-state index is 0.722. The van der Waals surface area contributed by atoms with Gasteiger partial charge in [-0.1, -0.05) is 29.8 Å². The van der Waals surface area contributed by atoms with E-state index in [0.717, 1.165) is 49.0 Å². The third-order valence-corrected chi connectivity index (χ3v) is 3.90. The summed E-state index contributed by atoms with van der Waals surface area (Å²) in [6, 6.07) is 7.88. The second-order valence-electron chi connectivity index (χ2n) is 5.33. The highest BCUT2D eigenvalue weighted by Gasteiger charge is 2.08. The third-order valence-electron chi connectivity index (χ3n) is 3.53. The van der Waals surface area contributed by atoms with Gasteiger partial charge in [-0.25, -0.2) is 0 Å². The highest BCUT2D eigenvalue weighted by atomic mass is 35.5. The second kappa shape index (κ2) is 9.15. The standard InChI is InChI=1S/C16H23ClN6/c1-18-16(19-9-5-6-10-23-12-20-21-13-23)22(2)11-14-7-3-4-8-15(14)17/h3-4,7-8,12-13H,5-6,9-11H2,1-2H3,(H,18,19). The first-order chi connectivity index (χ1) is 11.2. The fourth-order valence-electron chi connectivity index (χ4n) is 2.30. The van der Waals surface area contributed by atoms with E-state index in [-0.39, 0.29) is 0 Å². The van der Waals surface area contributed by atoms with Gasteiger partial charge in [0.25, 0.3) is 0 Å². The number of nitrogens with one attached hydrogen (secondary N) is 1. The summed E-state index contributed by atoms with van der Waals surface area (Å²) in [5.41, 5.74) is 1.09. The van der Waals surface area contributed by atoms with E-state index in [0.29, 0.717) is 0 Å². The Bertz CT molecular complexity index is 611. The normalized spacial score (nSPS) is 11.5. The molecule has 0 aliphatic heterocycles. The Labute approximate surface area is 142 Å². The molecule has 0 aliphatic carbocycles. The topological polar surface area (TPSA) is 58.3 Å². The number of rotatable bonds is 7. The summed E-state index contributed by atoms with van der Waals surface area (Å²) in [5.74, 6) is 0.870. The molecule has 124 valence electrons. The molecular weight excluding hydrogens is 312 g/mol. The van der Waals surface area contributed by atoms with Crippen molar-refractivity contribution in [3.8, 4) is 0 Å². The summed E-state index contributed by atoms with van der Waals surface area (Å²) in [4.78, 5) is 6.39. The maximum absolute atomic E-state index is 6.21. The van der Waals surface area contributed by atoms with E-state index in [9.17, 15) is 0 Å². The van der Waals surface area contributed by atoms with Gasteiger partial charge in [-0.05, 0) is 24.5 Å². The van der Waals surface area contributed by atoms with E-state index in [2.05, 4.69) is 25.4 Å². The van der Waals surface area contributed by atoms with Crippen molar-refractivity contribution in [1.82, 2.24) is 25.0 Å². The van der Waals surface area contributed by atoms with E-state index < -0.39 is 0 Å². The Morgan fingerprint density at radius 3 is 2.70 bits per heavy atom. The van der Waals surface area contributed by atoms with Crippen LogP contribution < -0.4 is 5.32 Å². The van der Waals surface area contributed by atoms with Crippen LogP contribution in [0.3, 0.4) is 0 Å². The smallest absolute Gasteiger partial charge is 0.193 e. The summed E-state index contributed by atoms with van der Waals surface area (Å²) in [5, 5.41) is 11.7. The third kappa shape index (κ3) is 5.56. The van der Waals surface area contributed by atoms with Gasteiger partial charge in [-0.3, -0.25) is 4.99 Å². The molecule has 1 N–H and O–H groups in total. The highest BCUT2D eigenvalue weighted by molar-refractivity contribution is 6.31. The van der Waals surface area contributed by atoms with E-state index in [1.54, 1.807) is 19.7 Å². The summed E-state index contributed by atoms with van der Waals surface area (Å²) in [7, 11) is 3.80. The van der Waals surface area contributed by atoms with Crippen LogP contribution in [0.1, 0.15) is 18.4 Å². The lowest BCUT2D eigenvalue weighted by Crippen LogP contribution is -2.39. The predicted octanol–water partition coefficient (Wildman–Crippen LogP) is 2.42. The maximum Gasteiger partial charge on any atom is 0.193 e. The molecule has 0 bridgehead atoms. The van der Waals surface area contributed by atoms with Crippen LogP contribution in [0.4, 0.5) is 0 Å². The lowest BCUT2D eigenvalue weighted by Gasteiger charge is -2.22. The van der Waals surface area contributed by atoms with Crippen LogP contribution in [-0.4, -0.2) is 46.3 Å². The molecule has 2 rings (SSSR count). The molecule has 0 spiro atoms. The summed E-state index contributed by atoms with van der Waals surface area (Å²) >= 11 is 6.21. The molecule has 1 aromatic carbocycles. The molecule has 0 unspecified atom stereocenters. The zero-order valence-corrected chi connectivity index (χ0v) is 14.4. The van der Waals surface area contributed by atoms with E-state index >= 15 is 0 Å². The van der Waals surface area contributed by atoms with Crippen molar-refractivity contribution in [2.45, 2.75) is 25.9 Å². The quantitative estimate of drug-likeness (QED) is 0.480. The Kier molecular flexibility index (Phi) is 6.87. The Balaban J connectivity index is 1.73. The molecule has 0 fully saturated rings. The van der Waals surface area contributed by atoms with Crippen molar-refractivity contribution in [1.29, 1.82) is 0 Å². The van der Waals surface area contributed by atoms with E-state index in [1.165, 1.54) is 0 Å². The SMILES string of the molecule is CN=C(NCCCCn1cnnc1)N(C)Cc1ccccc1Cl. The van der Waals surface area contributed by atoms with Crippen LogP contribution in [0.25, 0.3) is 0 Å². The first-order valence-electron chi connectivity index (χ1n) is 7.68. The lowest BCUT2D eigenvalue weighted by atomic mass is 10.2. The first-order valence-corrected chi connectivity index (χ1v) is 8.06. The van der Waals surface area contributed by atoms with E-state index in [4.69, 9.17) is 11.6 Å². The van der Waals surface area contributed by atoms with Crippen LogP contribution in [0.2, 0.25) is 5.02 Å². The zero-order chi connectivity index (χ0) is 16.5.